The Hall–Kier alpha value is -1.42. The Bertz CT molecular complexity index is 862. The van der Waals surface area contributed by atoms with Crippen molar-refractivity contribution in [2.45, 2.75) is 29.4 Å². The van der Waals surface area contributed by atoms with Crippen molar-refractivity contribution in [3.05, 3.63) is 69.3 Å². The van der Waals surface area contributed by atoms with Gasteiger partial charge in [-0.25, -0.2) is 0 Å². The molecule has 1 atom stereocenters. The molecule has 122 valence electrons. The van der Waals surface area contributed by atoms with Crippen molar-refractivity contribution in [2.24, 2.45) is 0 Å². The molecule has 24 heavy (non-hydrogen) atoms. The first kappa shape index (κ1) is 16.1. The fraction of sp³-hybridized carbons (Fsp3) is 0.211. The normalized spacial score (nSPS) is 20.1. The monoisotopic (exact) mass is 375 g/mol. The second-order valence-corrected chi connectivity index (χ2v) is 7.92. The summed E-state index contributed by atoms with van der Waals surface area (Å²) in [5.74, 6) is 0.222. The number of anilines is 1. The summed E-state index contributed by atoms with van der Waals surface area (Å²) < 4.78 is 0. The van der Waals surface area contributed by atoms with E-state index in [0.717, 1.165) is 40.3 Å². The number of allylic oxidation sites excluding steroid dienone is 1. The van der Waals surface area contributed by atoms with Gasteiger partial charge < -0.3 is 5.32 Å². The predicted molar refractivity (Wildman–Crippen MR) is 101 cm³/mol. The zero-order valence-electron chi connectivity index (χ0n) is 12.8. The van der Waals surface area contributed by atoms with E-state index in [4.69, 9.17) is 23.2 Å². The lowest BCUT2D eigenvalue weighted by molar-refractivity contribution is -0.116. The molecule has 0 radical (unpaired) electrons. The molecule has 0 saturated heterocycles. The Labute approximate surface area is 155 Å². The second-order valence-electron chi connectivity index (χ2n) is 5.96. The minimum atomic E-state index is -0.0706. The Morgan fingerprint density at radius 3 is 2.71 bits per heavy atom. The number of benzene rings is 2. The number of ketones is 1. The molecule has 0 spiro atoms. The molecule has 1 aliphatic heterocycles. The number of fused-ring (bicyclic) bond motifs is 1. The van der Waals surface area contributed by atoms with E-state index in [-0.39, 0.29) is 11.0 Å². The number of carbonyl (C=O) groups excluding carboxylic acids is 1. The van der Waals surface area contributed by atoms with E-state index in [1.54, 1.807) is 17.8 Å². The lowest BCUT2D eigenvalue weighted by Crippen LogP contribution is -2.19. The molecule has 0 fully saturated rings. The summed E-state index contributed by atoms with van der Waals surface area (Å²) in [7, 11) is 0. The van der Waals surface area contributed by atoms with E-state index in [9.17, 15) is 4.79 Å². The summed E-state index contributed by atoms with van der Waals surface area (Å²) >= 11 is 14.0. The molecule has 1 aliphatic carbocycles. The summed E-state index contributed by atoms with van der Waals surface area (Å²) in [4.78, 5) is 13.8. The van der Waals surface area contributed by atoms with Gasteiger partial charge in [0.2, 0.25) is 0 Å². The van der Waals surface area contributed by atoms with Crippen LogP contribution in [0.2, 0.25) is 10.0 Å². The number of hydrogen-bond donors (Lipinski definition) is 1. The van der Waals surface area contributed by atoms with Gasteiger partial charge in [-0.3, -0.25) is 4.79 Å². The number of nitrogens with one attached hydrogen (secondary N) is 1. The van der Waals surface area contributed by atoms with Gasteiger partial charge in [-0.1, -0.05) is 41.4 Å². The lowest BCUT2D eigenvalue weighted by Gasteiger charge is -2.24. The molecule has 0 bridgehead atoms. The van der Waals surface area contributed by atoms with Gasteiger partial charge >= 0.3 is 0 Å². The first-order valence-electron chi connectivity index (χ1n) is 7.87. The van der Waals surface area contributed by atoms with Crippen LogP contribution in [0.3, 0.4) is 0 Å². The van der Waals surface area contributed by atoms with Crippen LogP contribution in [-0.2, 0) is 4.79 Å². The molecule has 1 heterocycles. The number of Topliss-reactive ketones (excluding diaryl/α,β-unsaturated/α-hetero) is 1. The Kier molecular flexibility index (Phi) is 4.33. The molecule has 2 nitrogen and oxygen atoms in total. The summed E-state index contributed by atoms with van der Waals surface area (Å²) in [5, 5.41) is 4.47. The smallest absolute Gasteiger partial charge is 0.162 e. The standard InChI is InChI=1S/C19H15Cl2NOS/c20-12-9-8-11(10-13(12)21)19-18-15(5-3-6-16(18)23)22-14-4-1-2-7-17(14)24-19/h1-2,4,7-10,19,22H,3,5-6H2. The molecule has 2 aromatic carbocycles. The van der Waals surface area contributed by atoms with Gasteiger partial charge in [0.1, 0.15) is 0 Å². The average molecular weight is 376 g/mol. The fourth-order valence-corrected chi connectivity index (χ4v) is 4.87. The Morgan fingerprint density at radius 2 is 1.88 bits per heavy atom. The summed E-state index contributed by atoms with van der Waals surface area (Å²) in [6.07, 6.45) is 2.40. The first-order chi connectivity index (χ1) is 11.6. The molecule has 5 heteroatoms. The summed E-state index contributed by atoms with van der Waals surface area (Å²) in [5.41, 5.74) is 3.99. The maximum absolute atomic E-state index is 12.7. The summed E-state index contributed by atoms with van der Waals surface area (Å²) in [6, 6.07) is 13.8. The van der Waals surface area contributed by atoms with Crippen LogP contribution in [0, 0.1) is 0 Å². The van der Waals surface area contributed by atoms with Gasteiger partial charge in [0, 0.05) is 22.6 Å². The zero-order valence-corrected chi connectivity index (χ0v) is 15.1. The van der Waals surface area contributed by atoms with Crippen LogP contribution in [0.15, 0.2) is 58.6 Å². The quantitative estimate of drug-likeness (QED) is 0.637. The second kappa shape index (κ2) is 6.47. The third-order valence-electron chi connectivity index (χ3n) is 4.38. The van der Waals surface area contributed by atoms with E-state index in [0.29, 0.717) is 16.5 Å². The zero-order chi connectivity index (χ0) is 16.7. The van der Waals surface area contributed by atoms with E-state index in [1.165, 1.54) is 0 Å². The summed E-state index contributed by atoms with van der Waals surface area (Å²) in [6.45, 7) is 0. The predicted octanol–water partition coefficient (Wildman–Crippen LogP) is 6.26. The molecule has 1 unspecified atom stereocenters. The SMILES string of the molecule is O=C1CCCC2=C1C(c1ccc(Cl)c(Cl)c1)Sc1ccccc1N2. The number of halogens is 2. The van der Waals surface area contributed by atoms with Crippen LogP contribution in [0.4, 0.5) is 5.69 Å². The molecule has 4 rings (SSSR count). The van der Waals surface area contributed by atoms with Crippen LogP contribution in [0.5, 0.6) is 0 Å². The van der Waals surface area contributed by atoms with Crippen LogP contribution in [0.1, 0.15) is 30.1 Å². The van der Waals surface area contributed by atoms with Crippen molar-refractivity contribution in [1.82, 2.24) is 0 Å². The van der Waals surface area contributed by atoms with Crippen LogP contribution < -0.4 is 5.32 Å². The van der Waals surface area contributed by atoms with E-state index in [1.807, 2.05) is 24.3 Å². The van der Waals surface area contributed by atoms with Gasteiger partial charge in [-0.2, -0.15) is 0 Å². The van der Waals surface area contributed by atoms with Gasteiger partial charge in [0.25, 0.3) is 0 Å². The molecular weight excluding hydrogens is 361 g/mol. The van der Waals surface area contributed by atoms with Crippen LogP contribution in [0.25, 0.3) is 0 Å². The lowest BCUT2D eigenvalue weighted by atomic mass is 9.89. The molecule has 2 aliphatic rings. The molecule has 0 aromatic heterocycles. The topological polar surface area (TPSA) is 29.1 Å². The maximum Gasteiger partial charge on any atom is 0.162 e. The maximum atomic E-state index is 12.7. The number of thioether (sulfide) groups is 1. The van der Waals surface area contributed by atoms with Crippen molar-refractivity contribution >= 4 is 46.4 Å². The highest BCUT2D eigenvalue weighted by atomic mass is 35.5. The Balaban J connectivity index is 1.88. The number of hydrogen-bond acceptors (Lipinski definition) is 3. The van der Waals surface area contributed by atoms with Gasteiger partial charge in [0.05, 0.1) is 21.0 Å². The van der Waals surface area contributed by atoms with Gasteiger partial charge in [-0.05, 0) is 42.7 Å². The Morgan fingerprint density at radius 1 is 1.04 bits per heavy atom. The minimum Gasteiger partial charge on any atom is -0.358 e. The highest BCUT2D eigenvalue weighted by molar-refractivity contribution is 8.00. The van der Waals surface area contributed by atoms with Crippen molar-refractivity contribution in [3.8, 4) is 0 Å². The number of carbonyl (C=O) groups is 1. The minimum absolute atomic E-state index is 0.0706. The largest absolute Gasteiger partial charge is 0.358 e. The van der Waals surface area contributed by atoms with Gasteiger partial charge in [0.15, 0.2) is 5.78 Å². The third kappa shape index (κ3) is 2.85. The number of para-hydroxylation sites is 1. The molecule has 0 amide bonds. The van der Waals surface area contributed by atoms with E-state index in [2.05, 4.69) is 17.4 Å². The third-order valence-corrected chi connectivity index (χ3v) is 6.47. The van der Waals surface area contributed by atoms with Gasteiger partial charge in [-0.15, -0.1) is 11.8 Å². The number of rotatable bonds is 1. The van der Waals surface area contributed by atoms with Crippen molar-refractivity contribution in [2.75, 3.05) is 5.32 Å². The highest BCUT2D eigenvalue weighted by Crippen LogP contribution is 2.49. The van der Waals surface area contributed by atoms with Crippen LogP contribution in [-0.4, -0.2) is 5.78 Å². The average Bonchev–Trinajstić information content (AvgIpc) is 2.74. The molecule has 2 aromatic rings. The van der Waals surface area contributed by atoms with Crippen molar-refractivity contribution in [1.29, 1.82) is 0 Å². The van der Waals surface area contributed by atoms with Crippen LogP contribution >= 0.6 is 35.0 Å². The fourth-order valence-electron chi connectivity index (χ4n) is 3.23. The highest BCUT2D eigenvalue weighted by Gasteiger charge is 2.32. The van der Waals surface area contributed by atoms with E-state index >= 15 is 0 Å². The van der Waals surface area contributed by atoms with Crippen molar-refractivity contribution in [3.63, 3.8) is 0 Å². The molecule has 1 N–H and O–H groups in total. The first-order valence-corrected chi connectivity index (χ1v) is 9.51. The molecular formula is C19H15Cl2NOS. The van der Waals surface area contributed by atoms with Crippen molar-refractivity contribution < 1.29 is 4.79 Å². The van der Waals surface area contributed by atoms with E-state index < -0.39 is 0 Å². The molecule has 0 saturated carbocycles.